The van der Waals surface area contributed by atoms with Crippen molar-refractivity contribution in [2.45, 2.75) is 25.5 Å². The lowest BCUT2D eigenvalue weighted by molar-refractivity contribution is -0.387. The molecule has 156 valence electrons. The number of halogens is 1. The highest BCUT2D eigenvalue weighted by Crippen LogP contribution is 2.23. The summed E-state index contributed by atoms with van der Waals surface area (Å²) >= 11 is 1.09. The number of aromatic nitrogens is 2. The van der Waals surface area contributed by atoms with Crippen LogP contribution in [0.25, 0.3) is 10.9 Å². The number of nitro benzene ring substituents is 1. The second-order valence-corrected chi connectivity index (χ2v) is 7.92. The van der Waals surface area contributed by atoms with Gasteiger partial charge in [-0.3, -0.25) is 24.3 Å². The van der Waals surface area contributed by atoms with Crippen LogP contribution < -0.4 is 10.9 Å². The first-order valence-corrected chi connectivity index (χ1v) is 10.1. The summed E-state index contributed by atoms with van der Waals surface area (Å²) in [5.41, 5.74) is -0.242. The van der Waals surface area contributed by atoms with Gasteiger partial charge in [0.2, 0.25) is 11.7 Å². The van der Waals surface area contributed by atoms with Crippen molar-refractivity contribution in [1.29, 1.82) is 0 Å². The Labute approximate surface area is 175 Å². The Hall–Kier alpha value is -3.27. The molecule has 0 fully saturated rings. The van der Waals surface area contributed by atoms with Crippen molar-refractivity contribution in [2.75, 3.05) is 11.1 Å². The van der Waals surface area contributed by atoms with E-state index in [2.05, 4.69) is 10.3 Å². The van der Waals surface area contributed by atoms with Gasteiger partial charge >= 0.3 is 5.69 Å². The highest BCUT2D eigenvalue weighted by molar-refractivity contribution is 7.99. The highest BCUT2D eigenvalue weighted by Gasteiger charge is 2.17. The summed E-state index contributed by atoms with van der Waals surface area (Å²) in [5.74, 6) is -1.32. The van der Waals surface area contributed by atoms with Gasteiger partial charge in [-0.1, -0.05) is 37.7 Å². The number of fused-ring (bicyclic) bond motifs is 1. The van der Waals surface area contributed by atoms with Crippen LogP contribution in [0.3, 0.4) is 0 Å². The Balaban J connectivity index is 1.81. The van der Waals surface area contributed by atoms with Crippen LogP contribution in [0.1, 0.15) is 13.8 Å². The van der Waals surface area contributed by atoms with E-state index >= 15 is 0 Å². The van der Waals surface area contributed by atoms with E-state index in [9.17, 15) is 24.1 Å². The van der Waals surface area contributed by atoms with Gasteiger partial charge in [-0.15, -0.1) is 0 Å². The Kier molecular flexibility index (Phi) is 6.46. The highest BCUT2D eigenvalue weighted by atomic mass is 32.2. The van der Waals surface area contributed by atoms with Crippen molar-refractivity contribution < 1.29 is 14.1 Å². The van der Waals surface area contributed by atoms with Gasteiger partial charge in [0.25, 0.3) is 5.56 Å². The molecule has 3 aromatic rings. The zero-order valence-corrected chi connectivity index (χ0v) is 17.1. The Morgan fingerprint density at radius 1 is 1.30 bits per heavy atom. The van der Waals surface area contributed by atoms with Crippen LogP contribution in [0.15, 0.2) is 52.4 Å². The third-order valence-electron chi connectivity index (χ3n) is 4.13. The van der Waals surface area contributed by atoms with Crippen molar-refractivity contribution in [1.82, 2.24) is 9.55 Å². The lowest BCUT2D eigenvalue weighted by Gasteiger charge is -2.14. The number of benzene rings is 2. The summed E-state index contributed by atoms with van der Waals surface area (Å²) in [4.78, 5) is 39.7. The molecule has 1 heterocycles. The monoisotopic (exact) mass is 430 g/mol. The molecule has 0 atom stereocenters. The third-order valence-corrected chi connectivity index (χ3v) is 5.11. The van der Waals surface area contributed by atoms with Crippen molar-refractivity contribution in [3.8, 4) is 0 Å². The fraction of sp³-hybridized carbons (Fsp3) is 0.250. The molecule has 2 aromatic carbocycles. The molecule has 0 saturated carbocycles. The maximum Gasteiger partial charge on any atom is 0.306 e. The van der Waals surface area contributed by atoms with E-state index in [4.69, 9.17) is 0 Å². The number of hydrogen-bond acceptors (Lipinski definition) is 6. The van der Waals surface area contributed by atoms with Crippen LogP contribution in [0.5, 0.6) is 0 Å². The minimum absolute atomic E-state index is 0.0753. The quantitative estimate of drug-likeness (QED) is 0.264. The first-order valence-electron chi connectivity index (χ1n) is 9.12. The predicted octanol–water partition coefficient (Wildman–Crippen LogP) is 3.83. The number of nitrogens with one attached hydrogen (secondary N) is 1. The SMILES string of the molecule is CC(C)Cn1c(SCC(=O)Nc2ccc(F)c([N+](=O)[O-])c2)nc2ccccc2c1=O. The number of nitro groups is 1. The van der Waals surface area contributed by atoms with E-state index < -0.39 is 22.3 Å². The molecule has 8 nitrogen and oxygen atoms in total. The Morgan fingerprint density at radius 2 is 2.03 bits per heavy atom. The summed E-state index contributed by atoms with van der Waals surface area (Å²) in [7, 11) is 0. The topological polar surface area (TPSA) is 107 Å². The van der Waals surface area contributed by atoms with E-state index in [1.54, 1.807) is 28.8 Å². The number of carbonyl (C=O) groups excluding carboxylic acids is 1. The fourth-order valence-electron chi connectivity index (χ4n) is 2.84. The van der Waals surface area contributed by atoms with E-state index in [1.165, 1.54) is 6.07 Å². The van der Waals surface area contributed by atoms with E-state index in [0.29, 0.717) is 22.6 Å². The van der Waals surface area contributed by atoms with Crippen LogP contribution in [0.4, 0.5) is 15.8 Å². The van der Waals surface area contributed by atoms with Crippen LogP contribution in [-0.4, -0.2) is 26.1 Å². The molecule has 1 N–H and O–H groups in total. The third kappa shape index (κ3) is 4.82. The van der Waals surface area contributed by atoms with Crippen LogP contribution in [0, 0.1) is 21.8 Å². The van der Waals surface area contributed by atoms with Crippen LogP contribution in [-0.2, 0) is 11.3 Å². The lowest BCUT2D eigenvalue weighted by Crippen LogP contribution is -2.26. The number of nitrogens with zero attached hydrogens (tertiary/aromatic N) is 3. The number of carbonyl (C=O) groups is 1. The maximum absolute atomic E-state index is 13.4. The second-order valence-electron chi connectivity index (χ2n) is 6.98. The van der Waals surface area contributed by atoms with Crippen molar-refractivity contribution >= 4 is 39.9 Å². The molecule has 1 aromatic heterocycles. The average molecular weight is 430 g/mol. The summed E-state index contributed by atoms with van der Waals surface area (Å²) < 4.78 is 15.0. The van der Waals surface area contributed by atoms with Crippen molar-refractivity contribution in [3.05, 3.63) is 68.7 Å². The number of thioether (sulfide) groups is 1. The molecule has 0 saturated heterocycles. The molecular weight excluding hydrogens is 411 g/mol. The Morgan fingerprint density at radius 3 is 2.73 bits per heavy atom. The number of anilines is 1. The summed E-state index contributed by atoms with van der Waals surface area (Å²) in [6.45, 7) is 4.40. The summed E-state index contributed by atoms with van der Waals surface area (Å²) in [5, 5.41) is 14.3. The molecular formula is C20H19FN4O4S. The number of hydrogen-bond donors (Lipinski definition) is 1. The zero-order valence-electron chi connectivity index (χ0n) is 16.3. The van der Waals surface area contributed by atoms with Gasteiger partial charge in [-0.25, -0.2) is 4.98 Å². The minimum Gasteiger partial charge on any atom is -0.325 e. The summed E-state index contributed by atoms with van der Waals surface area (Å²) in [6, 6.07) is 10.1. The van der Waals surface area contributed by atoms with Gasteiger partial charge in [0.1, 0.15) is 0 Å². The Bertz CT molecular complexity index is 1180. The largest absolute Gasteiger partial charge is 0.325 e. The van der Waals surface area contributed by atoms with Crippen LogP contribution >= 0.6 is 11.8 Å². The molecule has 0 aliphatic rings. The van der Waals surface area contributed by atoms with E-state index in [0.717, 1.165) is 23.9 Å². The zero-order chi connectivity index (χ0) is 21.8. The summed E-state index contributed by atoms with van der Waals surface area (Å²) in [6.07, 6.45) is 0. The van der Waals surface area contributed by atoms with Gasteiger partial charge in [0.15, 0.2) is 5.16 Å². The maximum atomic E-state index is 13.4. The molecule has 0 aliphatic heterocycles. The van der Waals surface area contributed by atoms with Crippen molar-refractivity contribution in [2.24, 2.45) is 5.92 Å². The minimum atomic E-state index is -0.981. The number of para-hydroxylation sites is 1. The van der Waals surface area contributed by atoms with Crippen LogP contribution in [0.2, 0.25) is 0 Å². The van der Waals surface area contributed by atoms with Crippen molar-refractivity contribution in [3.63, 3.8) is 0 Å². The smallest absolute Gasteiger partial charge is 0.306 e. The normalized spacial score (nSPS) is 11.1. The second kappa shape index (κ2) is 9.04. The first kappa shape index (κ1) is 21.4. The molecule has 0 spiro atoms. The molecule has 10 heteroatoms. The predicted molar refractivity (Wildman–Crippen MR) is 113 cm³/mol. The standard InChI is InChI=1S/C20H19FN4O4S/c1-12(2)10-24-19(27)14-5-3-4-6-16(14)23-20(24)30-11-18(26)22-13-7-8-15(21)17(9-13)25(28)29/h3-9,12H,10-11H2,1-2H3,(H,22,26). The molecule has 0 bridgehead atoms. The molecule has 1 amide bonds. The number of rotatable bonds is 7. The number of amides is 1. The lowest BCUT2D eigenvalue weighted by atomic mass is 10.2. The van der Waals surface area contributed by atoms with E-state index in [-0.39, 0.29) is 22.9 Å². The molecule has 0 unspecified atom stereocenters. The van der Waals surface area contributed by atoms with Gasteiger partial charge in [-0.2, -0.15) is 4.39 Å². The molecule has 0 radical (unpaired) electrons. The van der Waals surface area contributed by atoms with Gasteiger partial charge in [-0.05, 0) is 30.2 Å². The fourth-order valence-corrected chi connectivity index (χ4v) is 3.65. The van der Waals surface area contributed by atoms with Gasteiger partial charge < -0.3 is 5.32 Å². The molecule has 3 rings (SSSR count). The van der Waals surface area contributed by atoms with Gasteiger partial charge in [0.05, 0.1) is 21.6 Å². The first-order chi connectivity index (χ1) is 14.3. The van der Waals surface area contributed by atoms with E-state index in [1.807, 2.05) is 13.8 Å². The molecule has 30 heavy (non-hydrogen) atoms. The molecule has 0 aliphatic carbocycles. The van der Waals surface area contributed by atoms with Gasteiger partial charge in [0, 0.05) is 18.3 Å². The average Bonchev–Trinajstić information content (AvgIpc) is 2.70.